The number of H-pyrrole nitrogens is 1. The lowest BCUT2D eigenvalue weighted by molar-refractivity contribution is 0.0593. The quantitative estimate of drug-likeness (QED) is 0.225. The molecule has 1 aliphatic rings. The minimum atomic E-state index is -0.288. The van der Waals surface area contributed by atoms with Gasteiger partial charge >= 0.3 is 0 Å². The molecule has 4 aromatic rings. The second-order valence-electron chi connectivity index (χ2n) is 7.61. The molecule has 5 rings (SSSR count). The number of aromatic nitrogens is 1. The maximum Gasteiger partial charge on any atom is 0.190 e. The SMILES string of the molecule is CCOC1OC1c1[nH]c2c(Br)c(F)ccc2c1CCCOc1cccc2ccccc12. The number of epoxide rings is 1. The van der Waals surface area contributed by atoms with Gasteiger partial charge in [0.05, 0.1) is 22.3 Å². The molecule has 31 heavy (non-hydrogen) atoms. The Kier molecular flexibility index (Phi) is 5.69. The molecule has 1 aromatic heterocycles. The number of aryl methyl sites for hydroxylation is 1. The number of hydrogen-bond donors (Lipinski definition) is 1. The topological polar surface area (TPSA) is 46.8 Å². The molecule has 0 radical (unpaired) electrons. The molecular weight excluding hydrogens is 461 g/mol. The van der Waals surface area contributed by atoms with Crippen molar-refractivity contribution in [3.63, 3.8) is 0 Å². The van der Waals surface area contributed by atoms with Crippen LogP contribution in [0.1, 0.15) is 30.7 Å². The Morgan fingerprint density at radius 1 is 1.06 bits per heavy atom. The standard InChI is InChI=1S/C25H23BrFNO3/c1-2-29-25-24(31-25)23-17(18-12-13-19(27)21(26)22(18)28-23)10-6-14-30-20-11-5-8-15-7-3-4-9-16(15)20/h3-5,7-9,11-13,24-25,28H,2,6,10,14H2,1H3. The van der Waals surface area contributed by atoms with E-state index in [-0.39, 0.29) is 18.2 Å². The largest absolute Gasteiger partial charge is 0.493 e. The van der Waals surface area contributed by atoms with Crippen LogP contribution >= 0.6 is 15.9 Å². The number of halogens is 2. The Bertz CT molecular complexity index is 1230. The maximum absolute atomic E-state index is 14.1. The van der Waals surface area contributed by atoms with Crippen LogP contribution in [0.25, 0.3) is 21.7 Å². The molecule has 1 N–H and O–H groups in total. The lowest BCUT2D eigenvalue weighted by Gasteiger charge is -2.10. The summed E-state index contributed by atoms with van der Waals surface area (Å²) in [7, 11) is 0. The second kappa shape index (κ2) is 8.61. The van der Waals surface area contributed by atoms with Gasteiger partial charge in [-0.15, -0.1) is 0 Å². The van der Waals surface area contributed by atoms with Gasteiger partial charge in [-0.25, -0.2) is 4.39 Å². The zero-order chi connectivity index (χ0) is 21.4. The van der Waals surface area contributed by atoms with E-state index in [0.717, 1.165) is 46.1 Å². The smallest absolute Gasteiger partial charge is 0.190 e. The molecule has 4 nitrogen and oxygen atoms in total. The normalized spacial score (nSPS) is 18.0. The van der Waals surface area contributed by atoms with Crippen molar-refractivity contribution in [3.05, 3.63) is 76.1 Å². The third kappa shape index (κ3) is 3.95. The Balaban J connectivity index is 1.35. The molecule has 2 unspecified atom stereocenters. The summed E-state index contributed by atoms with van der Waals surface area (Å²) in [5.74, 6) is 0.605. The van der Waals surface area contributed by atoms with E-state index < -0.39 is 0 Å². The maximum atomic E-state index is 14.1. The fourth-order valence-electron chi connectivity index (χ4n) is 4.14. The first kappa shape index (κ1) is 20.5. The van der Waals surface area contributed by atoms with Crippen molar-refractivity contribution in [1.29, 1.82) is 0 Å². The Morgan fingerprint density at radius 2 is 1.90 bits per heavy atom. The number of benzene rings is 3. The number of ether oxygens (including phenoxy) is 3. The summed E-state index contributed by atoms with van der Waals surface area (Å²) < 4.78 is 31.9. The third-order valence-corrected chi connectivity index (χ3v) is 6.43. The summed E-state index contributed by atoms with van der Waals surface area (Å²) >= 11 is 3.38. The molecule has 1 saturated heterocycles. The van der Waals surface area contributed by atoms with Crippen LogP contribution in [0.15, 0.2) is 59.1 Å². The van der Waals surface area contributed by atoms with Crippen LogP contribution in [0.5, 0.6) is 5.75 Å². The van der Waals surface area contributed by atoms with Gasteiger partial charge in [0.25, 0.3) is 0 Å². The lowest BCUT2D eigenvalue weighted by Crippen LogP contribution is -2.02. The fourth-order valence-corrected chi connectivity index (χ4v) is 4.58. The van der Waals surface area contributed by atoms with Gasteiger partial charge in [-0.2, -0.15) is 0 Å². The third-order valence-electron chi connectivity index (χ3n) is 5.65. The second-order valence-corrected chi connectivity index (χ2v) is 8.40. The number of rotatable bonds is 8. The van der Waals surface area contributed by atoms with E-state index in [1.165, 1.54) is 11.5 Å². The van der Waals surface area contributed by atoms with Gasteiger partial charge in [0.1, 0.15) is 11.6 Å². The molecule has 3 aromatic carbocycles. The molecule has 0 bridgehead atoms. The highest BCUT2D eigenvalue weighted by molar-refractivity contribution is 9.10. The summed E-state index contributed by atoms with van der Waals surface area (Å²) in [6.45, 7) is 3.12. The van der Waals surface area contributed by atoms with E-state index in [4.69, 9.17) is 14.2 Å². The molecule has 0 saturated carbocycles. The van der Waals surface area contributed by atoms with Crippen molar-refractivity contribution in [2.45, 2.75) is 32.2 Å². The van der Waals surface area contributed by atoms with E-state index in [2.05, 4.69) is 39.1 Å². The monoisotopic (exact) mass is 483 g/mol. The number of nitrogens with one attached hydrogen (secondary N) is 1. The molecule has 2 heterocycles. The molecule has 0 spiro atoms. The van der Waals surface area contributed by atoms with Gasteiger partial charge in [0, 0.05) is 17.4 Å². The van der Waals surface area contributed by atoms with Crippen LogP contribution in [0.3, 0.4) is 0 Å². The van der Waals surface area contributed by atoms with Gasteiger partial charge in [0.15, 0.2) is 12.4 Å². The zero-order valence-electron chi connectivity index (χ0n) is 17.2. The lowest BCUT2D eigenvalue weighted by atomic mass is 10.0. The average molecular weight is 484 g/mol. The Morgan fingerprint density at radius 3 is 2.77 bits per heavy atom. The Labute approximate surface area is 188 Å². The van der Waals surface area contributed by atoms with E-state index in [1.807, 2.05) is 37.3 Å². The zero-order valence-corrected chi connectivity index (χ0v) is 18.7. The molecule has 0 amide bonds. The van der Waals surface area contributed by atoms with Gasteiger partial charge in [0.2, 0.25) is 0 Å². The van der Waals surface area contributed by atoms with Gasteiger partial charge in [-0.3, -0.25) is 0 Å². The van der Waals surface area contributed by atoms with Crippen molar-refractivity contribution in [2.24, 2.45) is 0 Å². The van der Waals surface area contributed by atoms with Gasteiger partial charge in [-0.1, -0.05) is 36.4 Å². The van der Waals surface area contributed by atoms with Crippen LogP contribution in [-0.2, 0) is 15.9 Å². The predicted octanol–water partition coefficient (Wildman–Crippen LogP) is 6.67. The van der Waals surface area contributed by atoms with Crippen molar-refractivity contribution >= 4 is 37.6 Å². The van der Waals surface area contributed by atoms with Crippen molar-refractivity contribution in [1.82, 2.24) is 4.98 Å². The first-order valence-corrected chi connectivity index (χ1v) is 11.3. The predicted molar refractivity (Wildman–Crippen MR) is 123 cm³/mol. The number of aromatic amines is 1. The van der Waals surface area contributed by atoms with Crippen LogP contribution in [-0.4, -0.2) is 24.5 Å². The first-order valence-electron chi connectivity index (χ1n) is 10.5. The van der Waals surface area contributed by atoms with E-state index in [9.17, 15) is 4.39 Å². The molecule has 0 aliphatic carbocycles. The highest BCUT2D eigenvalue weighted by atomic mass is 79.9. The molecule has 1 fully saturated rings. The number of hydrogen-bond acceptors (Lipinski definition) is 3. The molecular formula is C25H23BrFNO3. The highest BCUT2D eigenvalue weighted by Crippen LogP contribution is 2.44. The fraction of sp³-hybridized carbons (Fsp3) is 0.280. The van der Waals surface area contributed by atoms with Gasteiger partial charge in [-0.05, 0) is 64.8 Å². The molecule has 2 atom stereocenters. The minimum absolute atomic E-state index is 0.142. The molecule has 1 aliphatic heterocycles. The van der Waals surface area contributed by atoms with Crippen molar-refractivity contribution < 1.29 is 18.6 Å². The van der Waals surface area contributed by atoms with E-state index in [0.29, 0.717) is 17.7 Å². The molecule has 6 heteroatoms. The van der Waals surface area contributed by atoms with Crippen molar-refractivity contribution in [3.8, 4) is 5.75 Å². The van der Waals surface area contributed by atoms with E-state index >= 15 is 0 Å². The molecule has 160 valence electrons. The van der Waals surface area contributed by atoms with Crippen LogP contribution in [0.2, 0.25) is 0 Å². The van der Waals surface area contributed by atoms with Crippen LogP contribution in [0.4, 0.5) is 4.39 Å². The first-order chi connectivity index (χ1) is 15.2. The van der Waals surface area contributed by atoms with Gasteiger partial charge < -0.3 is 19.2 Å². The van der Waals surface area contributed by atoms with Crippen LogP contribution in [0, 0.1) is 5.82 Å². The number of fused-ring (bicyclic) bond motifs is 2. The van der Waals surface area contributed by atoms with Crippen LogP contribution < -0.4 is 4.74 Å². The summed E-state index contributed by atoms with van der Waals surface area (Å²) in [5.41, 5.74) is 2.85. The summed E-state index contributed by atoms with van der Waals surface area (Å²) in [4.78, 5) is 3.37. The van der Waals surface area contributed by atoms with Crippen molar-refractivity contribution in [2.75, 3.05) is 13.2 Å². The average Bonchev–Trinajstić information content (AvgIpc) is 3.45. The summed E-state index contributed by atoms with van der Waals surface area (Å²) in [6.07, 6.45) is 1.23. The minimum Gasteiger partial charge on any atom is -0.493 e. The highest BCUT2D eigenvalue weighted by Gasteiger charge is 2.44. The summed E-state index contributed by atoms with van der Waals surface area (Å²) in [5, 5.41) is 3.28. The Hall–Kier alpha value is -2.41. The summed E-state index contributed by atoms with van der Waals surface area (Å²) in [6, 6.07) is 17.6. The van der Waals surface area contributed by atoms with E-state index in [1.54, 1.807) is 0 Å².